The number of nitrogens with zero attached hydrogens (tertiary/aromatic N) is 1. The molecule has 0 saturated carbocycles. The Morgan fingerprint density at radius 1 is 1.05 bits per heavy atom. The molecule has 0 radical (unpaired) electrons. The number of likely N-dealkylation sites (N-methyl/N-ethyl adjacent to an activating group) is 1. The minimum Gasteiger partial charge on any atom is -0.311 e. The fourth-order valence-corrected chi connectivity index (χ4v) is 2.83. The lowest BCUT2D eigenvalue weighted by atomic mass is 9.81. The van der Waals surface area contributed by atoms with Crippen molar-refractivity contribution in [2.45, 2.75) is 52.5 Å². The molecule has 2 heteroatoms. The van der Waals surface area contributed by atoms with E-state index in [2.05, 4.69) is 89.1 Å². The van der Waals surface area contributed by atoms with Gasteiger partial charge in [-0.15, -0.1) is 0 Å². The Labute approximate surface area is 131 Å². The second-order valence-electron chi connectivity index (χ2n) is 8.12. The molecule has 1 N–H and O–H groups in total. The van der Waals surface area contributed by atoms with Crippen molar-refractivity contribution in [3.63, 3.8) is 0 Å². The highest BCUT2D eigenvalue weighted by Gasteiger charge is 2.29. The molecule has 0 bridgehead atoms. The van der Waals surface area contributed by atoms with Crippen LogP contribution in [0, 0.1) is 5.92 Å². The molecule has 1 aromatic rings. The Kier molecular flexibility index (Phi) is 6.42. The first-order valence-corrected chi connectivity index (χ1v) is 8.11. The third-order valence-electron chi connectivity index (χ3n) is 3.78. The Bertz CT molecular complexity index is 405. The standard InChI is InChI=1S/C19H34N2/c1-16(2)13-21(7)15-19(6,14-20-18(3,4)5)17-11-9-8-10-12-17/h8-12,16,20H,13-15H2,1-7H3. The summed E-state index contributed by atoms with van der Waals surface area (Å²) in [7, 11) is 2.23. The lowest BCUT2D eigenvalue weighted by Crippen LogP contribution is -2.49. The zero-order chi connectivity index (χ0) is 16.1. The van der Waals surface area contributed by atoms with Crippen molar-refractivity contribution in [3.05, 3.63) is 35.9 Å². The van der Waals surface area contributed by atoms with Gasteiger partial charge in [-0.25, -0.2) is 0 Å². The Balaban J connectivity index is 2.89. The van der Waals surface area contributed by atoms with Gasteiger partial charge in [-0.1, -0.05) is 51.1 Å². The van der Waals surface area contributed by atoms with Crippen LogP contribution in [0.25, 0.3) is 0 Å². The third-order valence-corrected chi connectivity index (χ3v) is 3.78. The molecule has 2 nitrogen and oxygen atoms in total. The monoisotopic (exact) mass is 290 g/mol. The van der Waals surface area contributed by atoms with Gasteiger partial charge in [0.15, 0.2) is 0 Å². The second-order valence-corrected chi connectivity index (χ2v) is 8.12. The molecule has 0 aliphatic carbocycles. The van der Waals surface area contributed by atoms with Crippen molar-refractivity contribution < 1.29 is 0 Å². The van der Waals surface area contributed by atoms with E-state index in [9.17, 15) is 0 Å². The maximum atomic E-state index is 3.69. The number of benzene rings is 1. The van der Waals surface area contributed by atoms with Crippen molar-refractivity contribution in [2.75, 3.05) is 26.7 Å². The zero-order valence-electron chi connectivity index (χ0n) is 15.0. The lowest BCUT2D eigenvalue weighted by molar-refractivity contribution is 0.218. The topological polar surface area (TPSA) is 15.3 Å². The summed E-state index contributed by atoms with van der Waals surface area (Å²) in [5.41, 5.74) is 1.68. The fourth-order valence-electron chi connectivity index (χ4n) is 2.83. The molecular weight excluding hydrogens is 256 g/mol. The predicted molar refractivity (Wildman–Crippen MR) is 93.9 cm³/mol. The number of hydrogen-bond donors (Lipinski definition) is 1. The molecule has 0 aliphatic rings. The maximum Gasteiger partial charge on any atom is 0.0177 e. The molecule has 0 spiro atoms. The van der Waals surface area contributed by atoms with Crippen LogP contribution in [0.1, 0.15) is 47.1 Å². The quantitative estimate of drug-likeness (QED) is 0.819. The van der Waals surface area contributed by atoms with E-state index < -0.39 is 0 Å². The van der Waals surface area contributed by atoms with Gasteiger partial charge in [0.05, 0.1) is 0 Å². The number of nitrogens with one attached hydrogen (secondary N) is 1. The van der Waals surface area contributed by atoms with Gasteiger partial charge < -0.3 is 10.2 Å². The summed E-state index contributed by atoms with van der Waals surface area (Å²) >= 11 is 0. The van der Waals surface area contributed by atoms with Crippen LogP contribution < -0.4 is 5.32 Å². The van der Waals surface area contributed by atoms with Gasteiger partial charge in [0.25, 0.3) is 0 Å². The van der Waals surface area contributed by atoms with E-state index in [1.807, 2.05) is 0 Å². The van der Waals surface area contributed by atoms with Crippen LogP contribution in [0.3, 0.4) is 0 Å². The highest BCUT2D eigenvalue weighted by atomic mass is 15.1. The molecule has 0 aromatic heterocycles. The second kappa shape index (κ2) is 7.42. The molecule has 0 fully saturated rings. The molecule has 1 rings (SSSR count). The molecule has 0 amide bonds. The van der Waals surface area contributed by atoms with Crippen molar-refractivity contribution in [2.24, 2.45) is 5.92 Å². The molecule has 1 aromatic carbocycles. The SMILES string of the molecule is CC(C)CN(C)CC(C)(CNC(C)(C)C)c1ccccc1. The van der Waals surface area contributed by atoms with Crippen LogP contribution >= 0.6 is 0 Å². The van der Waals surface area contributed by atoms with Crippen molar-refractivity contribution >= 4 is 0 Å². The van der Waals surface area contributed by atoms with Crippen LogP contribution in [-0.2, 0) is 5.41 Å². The summed E-state index contributed by atoms with van der Waals surface area (Å²) in [6.07, 6.45) is 0. The fraction of sp³-hybridized carbons (Fsp3) is 0.684. The molecule has 0 heterocycles. The van der Waals surface area contributed by atoms with Gasteiger partial charge in [0.1, 0.15) is 0 Å². The summed E-state index contributed by atoms with van der Waals surface area (Å²) in [5, 5.41) is 3.69. The molecule has 0 aliphatic heterocycles. The Hall–Kier alpha value is -0.860. The normalized spacial score (nSPS) is 15.5. The largest absolute Gasteiger partial charge is 0.311 e. The molecule has 1 unspecified atom stereocenters. The minimum absolute atomic E-state index is 0.123. The van der Waals surface area contributed by atoms with E-state index in [1.54, 1.807) is 0 Å². The molecular formula is C19H34N2. The summed E-state index contributed by atoms with van der Waals surface area (Å²) < 4.78 is 0. The van der Waals surface area contributed by atoms with E-state index in [0.717, 1.165) is 19.6 Å². The van der Waals surface area contributed by atoms with Crippen molar-refractivity contribution in [1.29, 1.82) is 0 Å². The average Bonchev–Trinajstić information content (AvgIpc) is 2.35. The number of hydrogen-bond acceptors (Lipinski definition) is 2. The van der Waals surface area contributed by atoms with Gasteiger partial charge in [-0.05, 0) is 39.3 Å². The van der Waals surface area contributed by atoms with Crippen LogP contribution in [0.4, 0.5) is 0 Å². The predicted octanol–water partition coefficient (Wildman–Crippen LogP) is 3.92. The first-order valence-electron chi connectivity index (χ1n) is 8.11. The van der Waals surface area contributed by atoms with Crippen molar-refractivity contribution in [1.82, 2.24) is 10.2 Å². The molecule has 1 atom stereocenters. The van der Waals surface area contributed by atoms with Gasteiger partial charge in [0.2, 0.25) is 0 Å². The van der Waals surface area contributed by atoms with E-state index >= 15 is 0 Å². The van der Waals surface area contributed by atoms with Crippen molar-refractivity contribution in [3.8, 4) is 0 Å². The van der Waals surface area contributed by atoms with Gasteiger partial charge >= 0.3 is 0 Å². The molecule has 0 saturated heterocycles. The van der Waals surface area contributed by atoms with Gasteiger partial charge in [0, 0.05) is 30.6 Å². The molecule has 120 valence electrons. The minimum atomic E-state index is 0.123. The van der Waals surface area contributed by atoms with Crippen LogP contribution in [0.15, 0.2) is 30.3 Å². The van der Waals surface area contributed by atoms with E-state index in [-0.39, 0.29) is 11.0 Å². The summed E-state index contributed by atoms with van der Waals surface area (Å²) in [6, 6.07) is 10.9. The Morgan fingerprint density at radius 2 is 1.62 bits per heavy atom. The number of rotatable bonds is 7. The van der Waals surface area contributed by atoms with Gasteiger partial charge in [-0.3, -0.25) is 0 Å². The van der Waals surface area contributed by atoms with Crippen LogP contribution in [0.2, 0.25) is 0 Å². The third kappa shape index (κ3) is 6.62. The highest BCUT2D eigenvalue weighted by molar-refractivity contribution is 5.25. The van der Waals surface area contributed by atoms with E-state index in [4.69, 9.17) is 0 Å². The summed E-state index contributed by atoms with van der Waals surface area (Å²) in [5.74, 6) is 0.700. The van der Waals surface area contributed by atoms with Crippen LogP contribution in [-0.4, -0.2) is 37.1 Å². The average molecular weight is 290 g/mol. The molecule has 21 heavy (non-hydrogen) atoms. The summed E-state index contributed by atoms with van der Waals surface area (Å²) in [4.78, 5) is 2.46. The van der Waals surface area contributed by atoms with Gasteiger partial charge in [-0.2, -0.15) is 0 Å². The smallest absolute Gasteiger partial charge is 0.0177 e. The first-order chi connectivity index (χ1) is 9.62. The summed E-state index contributed by atoms with van der Waals surface area (Å²) in [6.45, 7) is 16.8. The lowest BCUT2D eigenvalue weighted by Gasteiger charge is -2.37. The van der Waals surface area contributed by atoms with E-state index in [0.29, 0.717) is 5.92 Å². The highest BCUT2D eigenvalue weighted by Crippen LogP contribution is 2.25. The van der Waals surface area contributed by atoms with E-state index in [1.165, 1.54) is 5.56 Å². The zero-order valence-corrected chi connectivity index (χ0v) is 15.0. The maximum absolute atomic E-state index is 3.69. The Morgan fingerprint density at radius 3 is 2.10 bits per heavy atom. The first kappa shape index (κ1) is 18.2. The van der Waals surface area contributed by atoms with Crippen LogP contribution in [0.5, 0.6) is 0 Å².